The molecule has 0 radical (unpaired) electrons. The van der Waals surface area contributed by atoms with Gasteiger partial charge in [0.1, 0.15) is 17.7 Å². The first-order valence-corrected chi connectivity index (χ1v) is 6.69. The van der Waals surface area contributed by atoms with Crippen molar-refractivity contribution in [3.63, 3.8) is 0 Å². The van der Waals surface area contributed by atoms with Crippen LogP contribution in [0.5, 0.6) is 0 Å². The molecule has 1 N–H and O–H groups in total. The summed E-state index contributed by atoms with van der Waals surface area (Å²) in [5, 5.41) is 9.25. The molecule has 2 atom stereocenters. The van der Waals surface area contributed by atoms with Gasteiger partial charge in [0, 0.05) is 37.9 Å². The van der Waals surface area contributed by atoms with Gasteiger partial charge in [0.15, 0.2) is 0 Å². The number of nitrogens with zero attached hydrogens (tertiary/aromatic N) is 4. The molecule has 2 heterocycles. The number of rotatable bonds is 4. The molecule has 1 aliphatic rings. The lowest BCUT2D eigenvalue weighted by Crippen LogP contribution is -2.57. The third-order valence-electron chi connectivity index (χ3n) is 3.67. The van der Waals surface area contributed by atoms with E-state index in [9.17, 15) is 9.90 Å². The third-order valence-corrected chi connectivity index (χ3v) is 3.67. The van der Waals surface area contributed by atoms with Crippen LogP contribution in [0, 0.1) is 0 Å². The Balaban J connectivity index is 2.26. The fraction of sp³-hybridized carbons (Fsp3) is 0.500. The van der Waals surface area contributed by atoms with E-state index in [2.05, 4.69) is 40.2 Å². The van der Waals surface area contributed by atoms with Crippen LogP contribution in [0.25, 0.3) is 0 Å². The van der Waals surface area contributed by atoms with Gasteiger partial charge in [0.25, 0.3) is 0 Å². The lowest BCUT2D eigenvalue weighted by molar-refractivity contribution is 0.0696. The Morgan fingerprint density at radius 3 is 2.90 bits per heavy atom. The van der Waals surface area contributed by atoms with Crippen molar-refractivity contribution in [2.24, 2.45) is 0 Å². The van der Waals surface area contributed by atoms with Crippen molar-refractivity contribution in [2.45, 2.75) is 25.9 Å². The summed E-state index contributed by atoms with van der Waals surface area (Å²) in [7, 11) is 0. The highest BCUT2D eigenvalue weighted by Crippen LogP contribution is 2.24. The van der Waals surface area contributed by atoms with Crippen molar-refractivity contribution in [3.8, 4) is 0 Å². The summed E-state index contributed by atoms with van der Waals surface area (Å²) < 4.78 is 0. The van der Waals surface area contributed by atoms with Crippen LogP contribution >= 0.6 is 0 Å². The molecule has 1 aliphatic heterocycles. The maximum atomic E-state index is 11.3. The maximum absolute atomic E-state index is 11.3. The van der Waals surface area contributed by atoms with Crippen LogP contribution in [0.1, 0.15) is 24.2 Å². The molecule has 0 unspecified atom stereocenters. The van der Waals surface area contributed by atoms with Gasteiger partial charge < -0.3 is 10.0 Å². The molecule has 1 aromatic rings. The van der Waals surface area contributed by atoms with E-state index < -0.39 is 5.97 Å². The van der Waals surface area contributed by atoms with Gasteiger partial charge in [-0.3, -0.25) is 4.90 Å². The van der Waals surface area contributed by atoms with Gasteiger partial charge in [0.05, 0.1) is 0 Å². The van der Waals surface area contributed by atoms with E-state index in [-0.39, 0.29) is 11.6 Å². The van der Waals surface area contributed by atoms with Crippen molar-refractivity contribution in [2.75, 3.05) is 24.5 Å². The van der Waals surface area contributed by atoms with Crippen LogP contribution < -0.4 is 4.90 Å². The Hall–Kier alpha value is -1.95. The van der Waals surface area contributed by atoms with Crippen molar-refractivity contribution in [3.05, 3.63) is 30.7 Å². The van der Waals surface area contributed by atoms with Crippen LogP contribution in [0.4, 0.5) is 5.82 Å². The van der Waals surface area contributed by atoms with E-state index in [1.807, 2.05) is 6.08 Å². The van der Waals surface area contributed by atoms with E-state index in [4.69, 9.17) is 0 Å². The molecule has 0 saturated carbocycles. The van der Waals surface area contributed by atoms with Crippen molar-refractivity contribution >= 4 is 11.8 Å². The van der Waals surface area contributed by atoms with Crippen molar-refractivity contribution in [1.82, 2.24) is 14.9 Å². The number of aromatic nitrogens is 2. The van der Waals surface area contributed by atoms with Crippen molar-refractivity contribution < 1.29 is 9.90 Å². The number of carbonyl (C=O) groups is 1. The molecule has 6 nitrogen and oxygen atoms in total. The van der Waals surface area contributed by atoms with Crippen LogP contribution in [0.2, 0.25) is 0 Å². The Labute approximate surface area is 118 Å². The van der Waals surface area contributed by atoms with Crippen LogP contribution in [0.15, 0.2) is 25.2 Å². The molecule has 0 bridgehead atoms. The SMILES string of the molecule is C=CCN1C[C@@H](C)N(c2ncncc2C(=O)O)C[C@H]1C. The fourth-order valence-electron chi connectivity index (χ4n) is 2.62. The van der Waals surface area contributed by atoms with Gasteiger partial charge in [-0.25, -0.2) is 14.8 Å². The predicted octanol–water partition coefficient (Wildman–Crippen LogP) is 1.26. The van der Waals surface area contributed by atoms with Gasteiger partial charge in [-0.05, 0) is 13.8 Å². The molecular formula is C14H20N4O2. The minimum atomic E-state index is -0.992. The molecule has 2 rings (SSSR count). The second-order valence-corrected chi connectivity index (χ2v) is 5.16. The van der Waals surface area contributed by atoms with E-state index in [1.54, 1.807) is 0 Å². The average molecular weight is 276 g/mol. The monoisotopic (exact) mass is 276 g/mol. The molecule has 0 spiro atoms. The summed E-state index contributed by atoms with van der Waals surface area (Å²) in [6.45, 7) is 10.4. The summed E-state index contributed by atoms with van der Waals surface area (Å²) in [4.78, 5) is 23.7. The number of hydrogen-bond acceptors (Lipinski definition) is 5. The highest BCUT2D eigenvalue weighted by Gasteiger charge is 2.31. The van der Waals surface area contributed by atoms with E-state index in [0.29, 0.717) is 11.9 Å². The van der Waals surface area contributed by atoms with Crippen LogP contribution in [-0.2, 0) is 0 Å². The van der Waals surface area contributed by atoms with Crippen LogP contribution in [-0.4, -0.2) is 57.7 Å². The molecule has 0 aliphatic carbocycles. The first-order valence-electron chi connectivity index (χ1n) is 6.69. The van der Waals surface area contributed by atoms with Gasteiger partial charge >= 0.3 is 5.97 Å². The molecular weight excluding hydrogens is 256 g/mol. The lowest BCUT2D eigenvalue weighted by Gasteiger charge is -2.44. The largest absolute Gasteiger partial charge is 0.477 e. The summed E-state index contributed by atoms with van der Waals surface area (Å²) in [5.74, 6) is -0.487. The highest BCUT2D eigenvalue weighted by molar-refractivity contribution is 5.92. The summed E-state index contributed by atoms with van der Waals surface area (Å²) in [5.41, 5.74) is 0.156. The molecule has 0 aromatic carbocycles. The zero-order chi connectivity index (χ0) is 14.7. The zero-order valence-corrected chi connectivity index (χ0v) is 11.9. The Morgan fingerprint density at radius 1 is 1.50 bits per heavy atom. The van der Waals surface area contributed by atoms with E-state index >= 15 is 0 Å². The first-order chi connectivity index (χ1) is 9.54. The molecule has 108 valence electrons. The number of aromatic carboxylic acids is 1. The van der Waals surface area contributed by atoms with Gasteiger partial charge in [-0.15, -0.1) is 6.58 Å². The number of carboxylic acid groups (broad SMARTS) is 1. The topological polar surface area (TPSA) is 69.6 Å². The second-order valence-electron chi connectivity index (χ2n) is 5.16. The maximum Gasteiger partial charge on any atom is 0.341 e. The quantitative estimate of drug-likeness (QED) is 0.835. The van der Waals surface area contributed by atoms with Gasteiger partial charge in [-0.2, -0.15) is 0 Å². The minimum absolute atomic E-state index is 0.156. The second kappa shape index (κ2) is 6.00. The Bertz CT molecular complexity index is 506. The Morgan fingerprint density at radius 2 is 2.25 bits per heavy atom. The minimum Gasteiger partial charge on any atom is -0.477 e. The predicted molar refractivity (Wildman–Crippen MR) is 77.0 cm³/mol. The Kier molecular flexibility index (Phi) is 4.34. The first kappa shape index (κ1) is 14.5. The number of carboxylic acids is 1. The molecule has 1 fully saturated rings. The summed E-state index contributed by atoms with van der Waals surface area (Å²) in [6, 6.07) is 0.514. The van der Waals surface area contributed by atoms with E-state index in [1.165, 1.54) is 12.5 Å². The van der Waals surface area contributed by atoms with Gasteiger partial charge in [-0.1, -0.05) is 6.08 Å². The summed E-state index contributed by atoms with van der Waals surface area (Å²) in [6.07, 6.45) is 4.65. The molecule has 6 heteroatoms. The smallest absolute Gasteiger partial charge is 0.341 e. The number of piperazine rings is 1. The molecule has 20 heavy (non-hydrogen) atoms. The normalized spacial score (nSPS) is 23.6. The molecule has 1 saturated heterocycles. The van der Waals surface area contributed by atoms with Crippen molar-refractivity contribution in [1.29, 1.82) is 0 Å². The fourth-order valence-corrected chi connectivity index (χ4v) is 2.62. The number of hydrogen-bond donors (Lipinski definition) is 1. The molecule has 1 aromatic heterocycles. The highest BCUT2D eigenvalue weighted by atomic mass is 16.4. The van der Waals surface area contributed by atoms with Crippen LogP contribution in [0.3, 0.4) is 0 Å². The number of anilines is 1. The zero-order valence-electron chi connectivity index (χ0n) is 11.9. The summed E-state index contributed by atoms with van der Waals surface area (Å²) >= 11 is 0. The lowest BCUT2D eigenvalue weighted by atomic mass is 10.1. The standard InChI is InChI=1S/C14H20N4O2/c1-4-5-17-7-11(3)18(8-10(17)2)13-12(14(19)20)6-15-9-16-13/h4,6,9-11H,1,5,7-8H2,2-3H3,(H,19,20)/t10-,11-/m1/s1. The molecule has 0 amide bonds. The average Bonchev–Trinajstić information content (AvgIpc) is 2.42. The third kappa shape index (κ3) is 2.80. The van der Waals surface area contributed by atoms with Gasteiger partial charge in [0.2, 0.25) is 0 Å². The van der Waals surface area contributed by atoms with E-state index in [0.717, 1.165) is 19.6 Å².